The number of carbonyl (C=O) groups excluding carboxylic acids is 3. The van der Waals surface area contributed by atoms with E-state index in [1.165, 1.54) is 4.90 Å². The molecule has 2 heterocycles. The molecule has 0 unspecified atom stereocenters. The monoisotopic (exact) mass is 318 g/mol. The van der Waals surface area contributed by atoms with E-state index in [0.717, 1.165) is 4.88 Å². The normalized spacial score (nSPS) is 23.7. The zero-order valence-corrected chi connectivity index (χ0v) is 13.0. The second-order valence-corrected chi connectivity index (χ2v) is 6.62. The van der Waals surface area contributed by atoms with Gasteiger partial charge in [-0.2, -0.15) is 0 Å². The molecule has 1 fully saturated rings. The maximum absolute atomic E-state index is 12.2. The molecular weight excluding hydrogens is 300 g/mol. The minimum absolute atomic E-state index is 0.120. The summed E-state index contributed by atoms with van der Waals surface area (Å²) in [6.07, 6.45) is 5.36. The highest BCUT2D eigenvalue weighted by molar-refractivity contribution is 7.09. The maximum Gasteiger partial charge on any atom is 0.233 e. The largest absolute Gasteiger partial charge is 0.351 e. The lowest BCUT2D eigenvalue weighted by Gasteiger charge is -2.14. The van der Waals surface area contributed by atoms with Crippen molar-refractivity contribution < 1.29 is 14.4 Å². The molecule has 0 saturated carbocycles. The first-order chi connectivity index (χ1) is 10.7. The van der Waals surface area contributed by atoms with Gasteiger partial charge in [0.05, 0.1) is 18.4 Å². The van der Waals surface area contributed by atoms with Crippen molar-refractivity contribution in [2.24, 2.45) is 11.8 Å². The van der Waals surface area contributed by atoms with Gasteiger partial charge in [-0.15, -0.1) is 11.3 Å². The van der Waals surface area contributed by atoms with Gasteiger partial charge in [-0.3, -0.25) is 19.3 Å². The SMILES string of the molecule is O=C(CCN1C(=O)[C@H]2CC=CC[C@H]2C1=O)NCc1cccs1. The Kier molecular flexibility index (Phi) is 4.38. The number of amides is 3. The highest BCUT2D eigenvalue weighted by Gasteiger charge is 2.46. The second kappa shape index (κ2) is 6.44. The van der Waals surface area contributed by atoms with E-state index in [1.807, 2.05) is 29.7 Å². The Hall–Kier alpha value is -1.95. The molecule has 1 aliphatic carbocycles. The van der Waals surface area contributed by atoms with Crippen LogP contribution in [-0.4, -0.2) is 29.2 Å². The number of allylic oxidation sites excluding steroid dienone is 2. The third-order valence-electron chi connectivity index (χ3n) is 4.20. The van der Waals surface area contributed by atoms with Crippen LogP contribution in [0.5, 0.6) is 0 Å². The van der Waals surface area contributed by atoms with Crippen LogP contribution < -0.4 is 5.32 Å². The smallest absolute Gasteiger partial charge is 0.233 e. The van der Waals surface area contributed by atoms with Gasteiger partial charge >= 0.3 is 0 Å². The summed E-state index contributed by atoms with van der Waals surface area (Å²) in [5, 5.41) is 4.77. The summed E-state index contributed by atoms with van der Waals surface area (Å²) in [5.41, 5.74) is 0. The number of hydrogen-bond acceptors (Lipinski definition) is 4. The van der Waals surface area contributed by atoms with Crippen molar-refractivity contribution in [3.63, 3.8) is 0 Å². The summed E-state index contributed by atoms with van der Waals surface area (Å²) in [6.45, 7) is 0.675. The molecule has 1 saturated heterocycles. The predicted molar refractivity (Wildman–Crippen MR) is 82.9 cm³/mol. The van der Waals surface area contributed by atoms with E-state index < -0.39 is 0 Å². The molecule has 0 radical (unpaired) electrons. The minimum Gasteiger partial charge on any atom is -0.351 e. The molecule has 5 nitrogen and oxygen atoms in total. The van der Waals surface area contributed by atoms with E-state index in [2.05, 4.69) is 5.32 Å². The van der Waals surface area contributed by atoms with Crippen LogP contribution in [0, 0.1) is 11.8 Å². The van der Waals surface area contributed by atoms with Gasteiger partial charge in [0.15, 0.2) is 0 Å². The molecule has 2 aliphatic rings. The van der Waals surface area contributed by atoms with E-state index in [4.69, 9.17) is 0 Å². The number of rotatable bonds is 5. The summed E-state index contributed by atoms with van der Waals surface area (Å²) >= 11 is 1.58. The quantitative estimate of drug-likeness (QED) is 0.664. The molecule has 3 rings (SSSR count). The Morgan fingerprint density at radius 2 is 1.91 bits per heavy atom. The van der Waals surface area contributed by atoms with Crippen molar-refractivity contribution in [3.8, 4) is 0 Å². The zero-order valence-electron chi connectivity index (χ0n) is 12.2. The predicted octanol–water partition coefficient (Wildman–Crippen LogP) is 1.71. The Labute approximate surface area is 133 Å². The first-order valence-electron chi connectivity index (χ1n) is 7.46. The van der Waals surface area contributed by atoms with Gasteiger partial charge < -0.3 is 5.32 Å². The van der Waals surface area contributed by atoms with E-state index in [9.17, 15) is 14.4 Å². The third-order valence-corrected chi connectivity index (χ3v) is 5.08. The molecule has 1 aromatic rings. The number of likely N-dealkylation sites (tertiary alicyclic amines) is 1. The number of hydrogen-bond donors (Lipinski definition) is 1. The Morgan fingerprint density at radius 1 is 1.23 bits per heavy atom. The van der Waals surface area contributed by atoms with E-state index in [-0.39, 0.29) is 42.5 Å². The van der Waals surface area contributed by atoms with Gasteiger partial charge in [-0.1, -0.05) is 18.2 Å². The number of fused-ring (bicyclic) bond motifs is 1. The zero-order chi connectivity index (χ0) is 15.5. The van der Waals surface area contributed by atoms with Gasteiger partial charge in [0.1, 0.15) is 0 Å². The van der Waals surface area contributed by atoms with Crippen molar-refractivity contribution in [2.45, 2.75) is 25.8 Å². The first kappa shape index (κ1) is 15.0. The topological polar surface area (TPSA) is 66.5 Å². The number of imide groups is 1. The van der Waals surface area contributed by atoms with Crippen molar-refractivity contribution in [1.29, 1.82) is 0 Å². The van der Waals surface area contributed by atoms with E-state index in [1.54, 1.807) is 11.3 Å². The van der Waals surface area contributed by atoms with Crippen molar-refractivity contribution >= 4 is 29.1 Å². The standard InChI is InChI=1S/C16H18N2O3S/c19-14(17-10-11-4-3-9-22-11)7-8-18-15(20)12-5-1-2-6-13(12)16(18)21/h1-4,9,12-13H,5-8,10H2,(H,17,19)/t12-,13+. The fourth-order valence-electron chi connectivity index (χ4n) is 2.99. The summed E-state index contributed by atoms with van der Waals surface area (Å²) in [6, 6.07) is 3.89. The van der Waals surface area contributed by atoms with Crippen LogP contribution in [0.15, 0.2) is 29.7 Å². The average molecular weight is 318 g/mol. The fraction of sp³-hybridized carbons (Fsp3) is 0.438. The van der Waals surface area contributed by atoms with Crippen LogP contribution in [0.2, 0.25) is 0 Å². The van der Waals surface area contributed by atoms with E-state index in [0.29, 0.717) is 19.4 Å². The van der Waals surface area contributed by atoms with Crippen molar-refractivity contribution in [3.05, 3.63) is 34.5 Å². The molecule has 116 valence electrons. The van der Waals surface area contributed by atoms with Crippen LogP contribution in [0.25, 0.3) is 0 Å². The number of thiophene rings is 1. The van der Waals surface area contributed by atoms with E-state index >= 15 is 0 Å². The molecule has 3 amide bonds. The molecule has 22 heavy (non-hydrogen) atoms. The lowest BCUT2D eigenvalue weighted by atomic mass is 9.85. The Bertz CT molecular complexity index is 583. The Balaban J connectivity index is 1.50. The van der Waals surface area contributed by atoms with Gasteiger partial charge in [0, 0.05) is 17.8 Å². The molecular formula is C16H18N2O3S. The van der Waals surface area contributed by atoms with Crippen molar-refractivity contribution in [1.82, 2.24) is 10.2 Å². The fourth-order valence-corrected chi connectivity index (χ4v) is 3.63. The van der Waals surface area contributed by atoms with Crippen LogP contribution in [0.4, 0.5) is 0 Å². The third kappa shape index (κ3) is 2.97. The van der Waals surface area contributed by atoms with Gasteiger partial charge in [0.25, 0.3) is 0 Å². The molecule has 0 bridgehead atoms. The molecule has 2 atom stereocenters. The molecule has 0 aromatic carbocycles. The van der Waals surface area contributed by atoms with Crippen molar-refractivity contribution in [2.75, 3.05) is 6.54 Å². The summed E-state index contributed by atoms with van der Waals surface area (Å²) in [5.74, 6) is -0.809. The second-order valence-electron chi connectivity index (χ2n) is 5.59. The maximum atomic E-state index is 12.2. The molecule has 1 aromatic heterocycles. The van der Waals surface area contributed by atoms with Gasteiger partial charge in [-0.25, -0.2) is 0 Å². The molecule has 0 spiro atoms. The summed E-state index contributed by atoms with van der Waals surface area (Å²) in [7, 11) is 0. The number of nitrogens with one attached hydrogen (secondary N) is 1. The highest BCUT2D eigenvalue weighted by atomic mass is 32.1. The Morgan fingerprint density at radius 3 is 2.50 bits per heavy atom. The van der Waals surface area contributed by atoms with Crippen LogP contribution in [-0.2, 0) is 20.9 Å². The van der Waals surface area contributed by atoms with Crippen LogP contribution in [0.3, 0.4) is 0 Å². The molecule has 1 aliphatic heterocycles. The highest BCUT2D eigenvalue weighted by Crippen LogP contribution is 2.34. The van der Waals surface area contributed by atoms with Crippen LogP contribution >= 0.6 is 11.3 Å². The lowest BCUT2D eigenvalue weighted by Crippen LogP contribution is -2.35. The minimum atomic E-state index is -0.216. The van der Waals surface area contributed by atoms with Gasteiger partial charge in [-0.05, 0) is 24.3 Å². The molecule has 1 N–H and O–H groups in total. The number of carbonyl (C=O) groups is 3. The molecule has 6 heteroatoms. The summed E-state index contributed by atoms with van der Waals surface area (Å²) < 4.78 is 0. The summed E-state index contributed by atoms with van der Waals surface area (Å²) in [4.78, 5) is 38.7. The average Bonchev–Trinajstić information content (AvgIpc) is 3.13. The number of nitrogens with zero attached hydrogens (tertiary/aromatic N) is 1. The van der Waals surface area contributed by atoms with Gasteiger partial charge in [0.2, 0.25) is 17.7 Å². The first-order valence-corrected chi connectivity index (χ1v) is 8.34. The van der Waals surface area contributed by atoms with Crippen LogP contribution in [0.1, 0.15) is 24.1 Å². The lowest BCUT2D eigenvalue weighted by molar-refractivity contribution is -0.140.